The molecule has 6 nitrogen and oxygen atoms in total. The highest BCUT2D eigenvalue weighted by Crippen LogP contribution is 2.20. The van der Waals surface area contributed by atoms with Crippen molar-refractivity contribution in [2.24, 2.45) is 0 Å². The molecule has 2 aromatic carbocycles. The van der Waals surface area contributed by atoms with Crippen molar-refractivity contribution in [1.29, 1.82) is 0 Å². The standard InChI is InChI=1S/C21H24N2O4/c24-20(25)9-8-19(11-15-4-2-1-3-5-15)23-21(26)22-12-16-6-7-17-13-27-14-18(17)10-16/h1-7,10,19H,8-9,11-14H2,(H,24,25)(H2,22,23,26). The van der Waals surface area contributed by atoms with Crippen LogP contribution in [-0.2, 0) is 35.7 Å². The number of nitrogens with one attached hydrogen (secondary N) is 2. The number of benzene rings is 2. The number of fused-ring (bicyclic) bond motifs is 1. The molecule has 0 spiro atoms. The Morgan fingerprint density at radius 3 is 2.59 bits per heavy atom. The Labute approximate surface area is 158 Å². The molecule has 0 fully saturated rings. The summed E-state index contributed by atoms with van der Waals surface area (Å²) in [5, 5.41) is 14.7. The number of carbonyl (C=O) groups is 2. The lowest BCUT2D eigenvalue weighted by Crippen LogP contribution is -2.43. The molecular formula is C21H24N2O4. The molecule has 0 saturated carbocycles. The van der Waals surface area contributed by atoms with Crippen molar-refractivity contribution in [2.45, 2.75) is 45.1 Å². The molecule has 3 N–H and O–H groups in total. The Kier molecular flexibility index (Phi) is 6.44. The first kappa shape index (κ1) is 18.9. The Hall–Kier alpha value is -2.86. The van der Waals surface area contributed by atoms with E-state index in [0.29, 0.717) is 32.6 Å². The molecule has 6 heteroatoms. The normalized spacial score (nSPS) is 13.6. The summed E-state index contributed by atoms with van der Waals surface area (Å²) in [6.07, 6.45) is 0.994. The summed E-state index contributed by atoms with van der Waals surface area (Å²) < 4.78 is 5.40. The van der Waals surface area contributed by atoms with Gasteiger partial charge in [-0.15, -0.1) is 0 Å². The predicted molar refractivity (Wildman–Crippen MR) is 101 cm³/mol. The average Bonchev–Trinajstić information content (AvgIpc) is 3.13. The largest absolute Gasteiger partial charge is 0.481 e. The van der Waals surface area contributed by atoms with Crippen molar-refractivity contribution in [1.82, 2.24) is 10.6 Å². The number of amides is 2. The van der Waals surface area contributed by atoms with Gasteiger partial charge in [0.05, 0.1) is 13.2 Å². The lowest BCUT2D eigenvalue weighted by atomic mass is 10.0. The summed E-state index contributed by atoms with van der Waals surface area (Å²) in [6.45, 7) is 1.67. The fourth-order valence-electron chi connectivity index (χ4n) is 3.18. The molecule has 0 aromatic heterocycles. The number of carboxylic acids is 1. The topological polar surface area (TPSA) is 87.7 Å². The van der Waals surface area contributed by atoms with Crippen LogP contribution in [0.25, 0.3) is 0 Å². The second-order valence-electron chi connectivity index (χ2n) is 6.74. The van der Waals surface area contributed by atoms with Crippen molar-refractivity contribution >= 4 is 12.0 Å². The Balaban J connectivity index is 1.54. The number of aliphatic carboxylic acids is 1. The van der Waals surface area contributed by atoms with Gasteiger partial charge in [0, 0.05) is 19.0 Å². The molecule has 1 unspecified atom stereocenters. The Morgan fingerprint density at radius 1 is 1.04 bits per heavy atom. The minimum atomic E-state index is -0.865. The van der Waals surface area contributed by atoms with E-state index in [1.807, 2.05) is 42.5 Å². The first-order valence-electron chi connectivity index (χ1n) is 9.08. The monoisotopic (exact) mass is 368 g/mol. The van der Waals surface area contributed by atoms with E-state index in [1.165, 1.54) is 5.56 Å². The van der Waals surface area contributed by atoms with Crippen LogP contribution in [0.1, 0.15) is 35.1 Å². The zero-order chi connectivity index (χ0) is 19.1. The fraction of sp³-hybridized carbons (Fsp3) is 0.333. The molecule has 0 radical (unpaired) electrons. The Morgan fingerprint density at radius 2 is 1.81 bits per heavy atom. The number of hydrogen-bond acceptors (Lipinski definition) is 3. The van der Waals surface area contributed by atoms with Crippen LogP contribution in [-0.4, -0.2) is 23.1 Å². The van der Waals surface area contributed by atoms with Crippen LogP contribution >= 0.6 is 0 Å². The van der Waals surface area contributed by atoms with Gasteiger partial charge in [-0.3, -0.25) is 4.79 Å². The molecule has 0 aliphatic carbocycles. The summed E-state index contributed by atoms with van der Waals surface area (Å²) in [7, 11) is 0. The summed E-state index contributed by atoms with van der Waals surface area (Å²) >= 11 is 0. The van der Waals surface area contributed by atoms with Crippen LogP contribution in [0.4, 0.5) is 4.79 Å². The van der Waals surface area contributed by atoms with Crippen LogP contribution < -0.4 is 10.6 Å². The van der Waals surface area contributed by atoms with E-state index < -0.39 is 5.97 Å². The van der Waals surface area contributed by atoms with Gasteiger partial charge in [-0.05, 0) is 35.1 Å². The van der Waals surface area contributed by atoms with Crippen molar-refractivity contribution < 1.29 is 19.4 Å². The second-order valence-corrected chi connectivity index (χ2v) is 6.74. The predicted octanol–water partition coefficient (Wildman–Crippen LogP) is 2.99. The third kappa shape index (κ3) is 5.82. The van der Waals surface area contributed by atoms with Gasteiger partial charge in [-0.1, -0.05) is 48.5 Å². The van der Waals surface area contributed by atoms with Gasteiger partial charge in [0.1, 0.15) is 0 Å². The lowest BCUT2D eigenvalue weighted by molar-refractivity contribution is -0.137. The summed E-state index contributed by atoms with van der Waals surface area (Å²) in [5.74, 6) is -0.865. The number of carbonyl (C=O) groups excluding carboxylic acids is 1. The number of ether oxygens (including phenoxy) is 1. The third-order valence-electron chi connectivity index (χ3n) is 4.61. The van der Waals surface area contributed by atoms with Gasteiger partial charge in [-0.25, -0.2) is 4.79 Å². The molecule has 3 rings (SSSR count). The quantitative estimate of drug-likeness (QED) is 0.668. The maximum Gasteiger partial charge on any atom is 0.315 e. The molecule has 1 aliphatic heterocycles. The van der Waals surface area contributed by atoms with E-state index in [0.717, 1.165) is 16.7 Å². The van der Waals surface area contributed by atoms with Gasteiger partial charge in [-0.2, -0.15) is 0 Å². The van der Waals surface area contributed by atoms with Gasteiger partial charge in [0.25, 0.3) is 0 Å². The van der Waals surface area contributed by atoms with Gasteiger partial charge < -0.3 is 20.5 Å². The number of rotatable bonds is 8. The molecule has 1 heterocycles. The van der Waals surface area contributed by atoms with E-state index in [-0.39, 0.29) is 18.5 Å². The zero-order valence-corrected chi connectivity index (χ0v) is 15.1. The van der Waals surface area contributed by atoms with Gasteiger partial charge >= 0.3 is 12.0 Å². The number of urea groups is 1. The van der Waals surface area contributed by atoms with E-state index in [9.17, 15) is 9.59 Å². The summed E-state index contributed by atoms with van der Waals surface area (Å²) in [4.78, 5) is 23.2. The SMILES string of the molecule is O=C(O)CCC(Cc1ccccc1)NC(=O)NCc1ccc2c(c1)COC2. The minimum absolute atomic E-state index is 0.0165. The maximum absolute atomic E-state index is 12.3. The summed E-state index contributed by atoms with van der Waals surface area (Å²) in [6, 6.07) is 15.3. The van der Waals surface area contributed by atoms with Crippen molar-refractivity contribution in [3.05, 3.63) is 70.8 Å². The van der Waals surface area contributed by atoms with Crippen molar-refractivity contribution in [2.75, 3.05) is 0 Å². The van der Waals surface area contributed by atoms with Gasteiger partial charge in [0.15, 0.2) is 0 Å². The molecule has 142 valence electrons. The lowest BCUT2D eigenvalue weighted by Gasteiger charge is -2.19. The van der Waals surface area contributed by atoms with Crippen LogP contribution in [0, 0.1) is 0 Å². The molecule has 1 aliphatic rings. The molecule has 1 atom stereocenters. The minimum Gasteiger partial charge on any atom is -0.481 e. The molecular weight excluding hydrogens is 344 g/mol. The number of hydrogen-bond donors (Lipinski definition) is 3. The molecule has 0 bridgehead atoms. The second kappa shape index (κ2) is 9.19. The van der Waals surface area contributed by atoms with E-state index >= 15 is 0 Å². The van der Waals surface area contributed by atoms with E-state index in [4.69, 9.17) is 9.84 Å². The fourth-order valence-corrected chi connectivity index (χ4v) is 3.18. The summed E-state index contributed by atoms with van der Waals surface area (Å²) in [5.41, 5.74) is 4.43. The van der Waals surface area contributed by atoms with E-state index in [1.54, 1.807) is 0 Å². The first-order valence-corrected chi connectivity index (χ1v) is 9.08. The van der Waals surface area contributed by atoms with E-state index in [2.05, 4.69) is 16.7 Å². The first-order chi connectivity index (χ1) is 13.1. The zero-order valence-electron chi connectivity index (χ0n) is 15.1. The number of carboxylic acid groups (broad SMARTS) is 1. The molecule has 0 saturated heterocycles. The van der Waals surface area contributed by atoms with Crippen LogP contribution in [0.15, 0.2) is 48.5 Å². The van der Waals surface area contributed by atoms with Crippen molar-refractivity contribution in [3.8, 4) is 0 Å². The van der Waals surface area contributed by atoms with Crippen LogP contribution in [0.2, 0.25) is 0 Å². The highest BCUT2D eigenvalue weighted by Gasteiger charge is 2.15. The third-order valence-corrected chi connectivity index (χ3v) is 4.61. The van der Waals surface area contributed by atoms with Crippen molar-refractivity contribution in [3.63, 3.8) is 0 Å². The average molecular weight is 368 g/mol. The molecule has 27 heavy (non-hydrogen) atoms. The highest BCUT2D eigenvalue weighted by molar-refractivity contribution is 5.74. The maximum atomic E-state index is 12.3. The smallest absolute Gasteiger partial charge is 0.315 e. The van der Waals surface area contributed by atoms with Crippen LogP contribution in [0.3, 0.4) is 0 Å². The Bertz CT molecular complexity index is 792. The molecule has 2 aromatic rings. The highest BCUT2D eigenvalue weighted by atomic mass is 16.5. The van der Waals surface area contributed by atoms with Crippen LogP contribution in [0.5, 0.6) is 0 Å². The molecule has 2 amide bonds. The van der Waals surface area contributed by atoms with Gasteiger partial charge in [0.2, 0.25) is 0 Å².